The van der Waals surface area contributed by atoms with Crippen molar-refractivity contribution in [3.8, 4) is 0 Å². The summed E-state index contributed by atoms with van der Waals surface area (Å²) in [6, 6.07) is 4.71. The fraction of sp³-hybridized carbons (Fsp3) is 0.444. The van der Waals surface area contributed by atoms with E-state index in [-0.39, 0.29) is 48.3 Å². The zero-order chi connectivity index (χ0) is 18.2. The van der Waals surface area contributed by atoms with Crippen LogP contribution in [0, 0.1) is 5.82 Å². The number of hydrogen-bond acceptors (Lipinski definition) is 3. The first-order valence-corrected chi connectivity index (χ1v) is 8.39. The van der Waals surface area contributed by atoms with Gasteiger partial charge in [0.15, 0.2) is 5.96 Å². The molecule has 0 spiro atoms. The molecule has 0 atom stereocenters. The Kier molecular flexibility index (Phi) is 9.39. The summed E-state index contributed by atoms with van der Waals surface area (Å²) in [5.74, 6) is 0.134. The fourth-order valence-electron chi connectivity index (χ4n) is 2.50. The smallest absolute Gasteiger partial charge is 0.307 e. The van der Waals surface area contributed by atoms with E-state index >= 15 is 0 Å². The van der Waals surface area contributed by atoms with Gasteiger partial charge >= 0.3 is 5.97 Å². The molecule has 0 saturated heterocycles. The van der Waals surface area contributed by atoms with Gasteiger partial charge < -0.3 is 20.4 Å². The van der Waals surface area contributed by atoms with E-state index in [1.807, 2.05) is 20.0 Å². The van der Waals surface area contributed by atoms with Crippen LogP contribution in [0.15, 0.2) is 29.4 Å². The molecule has 1 aromatic carbocycles. The molecule has 1 aromatic heterocycles. The number of fused-ring (bicyclic) bond motifs is 1. The molecule has 0 radical (unpaired) electrons. The number of guanidine groups is 1. The van der Waals surface area contributed by atoms with E-state index in [1.54, 1.807) is 13.1 Å². The van der Waals surface area contributed by atoms with Crippen LogP contribution in [0.2, 0.25) is 0 Å². The van der Waals surface area contributed by atoms with Gasteiger partial charge in [0, 0.05) is 37.2 Å². The molecule has 26 heavy (non-hydrogen) atoms. The molecule has 144 valence electrons. The van der Waals surface area contributed by atoms with Crippen LogP contribution in [-0.2, 0) is 16.0 Å². The molecule has 0 aliphatic heterocycles. The summed E-state index contributed by atoms with van der Waals surface area (Å²) >= 11 is 0. The molecule has 0 bridgehead atoms. The third-order valence-electron chi connectivity index (χ3n) is 3.63. The number of nitrogens with one attached hydrogen (secondary N) is 3. The van der Waals surface area contributed by atoms with Gasteiger partial charge in [-0.15, -0.1) is 24.0 Å². The number of aromatic amines is 1. The maximum Gasteiger partial charge on any atom is 0.307 e. The minimum absolute atomic E-state index is 0. The van der Waals surface area contributed by atoms with Gasteiger partial charge in [-0.25, -0.2) is 4.39 Å². The number of rotatable bonds is 7. The first kappa shape index (κ1) is 22.2. The number of ether oxygens (including phenoxy) is 1. The molecule has 2 rings (SSSR count). The third kappa shape index (κ3) is 6.81. The summed E-state index contributed by atoms with van der Waals surface area (Å²) in [6.45, 7) is 4.73. The first-order valence-electron chi connectivity index (χ1n) is 8.39. The first-order chi connectivity index (χ1) is 12.0. The number of aromatic nitrogens is 1. The molecule has 0 fully saturated rings. The van der Waals surface area contributed by atoms with Crippen molar-refractivity contribution in [2.24, 2.45) is 4.99 Å². The summed E-state index contributed by atoms with van der Waals surface area (Å²) in [5.41, 5.74) is 1.96. The SMILES string of the molecule is CN=C(NCCC(=O)OC(C)C)NCCc1c[nH]c2ccc(F)cc12.I. The van der Waals surface area contributed by atoms with Crippen LogP contribution in [0.3, 0.4) is 0 Å². The van der Waals surface area contributed by atoms with E-state index in [4.69, 9.17) is 4.74 Å². The molecule has 0 amide bonds. The van der Waals surface area contributed by atoms with Gasteiger partial charge in [-0.1, -0.05) is 0 Å². The van der Waals surface area contributed by atoms with Crippen LogP contribution in [0.1, 0.15) is 25.8 Å². The lowest BCUT2D eigenvalue weighted by molar-refractivity contribution is -0.147. The second-order valence-electron chi connectivity index (χ2n) is 5.97. The maximum atomic E-state index is 13.4. The summed E-state index contributed by atoms with van der Waals surface area (Å²) in [4.78, 5) is 18.7. The van der Waals surface area contributed by atoms with Crippen molar-refractivity contribution in [2.75, 3.05) is 20.1 Å². The fourth-order valence-corrected chi connectivity index (χ4v) is 2.50. The standard InChI is InChI=1S/C18H25FN4O2.HI/c1-12(2)25-17(24)7-9-22-18(20-3)21-8-6-13-11-23-16-5-4-14(19)10-15(13)16;/h4-5,10-12,23H,6-9H2,1-3H3,(H2,20,21,22);1H. The van der Waals surface area contributed by atoms with Crippen molar-refractivity contribution in [3.05, 3.63) is 35.8 Å². The monoisotopic (exact) mass is 476 g/mol. The molecule has 0 aliphatic rings. The highest BCUT2D eigenvalue weighted by molar-refractivity contribution is 14.0. The quantitative estimate of drug-likeness (QED) is 0.249. The Morgan fingerprint density at radius 1 is 1.31 bits per heavy atom. The lowest BCUT2D eigenvalue weighted by Crippen LogP contribution is -2.39. The van der Waals surface area contributed by atoms with E-state index in [0.29, 0.717) is 19.0 Å². The second-order valence-corrected chi connectivity index (χ2v) is 5.97. The number of halogens is 2. The summed E-state index contributed by atoms with van der Waals surface area (Å²) < 4.78 is 18.5. The van der Waals surface area contributed by atoms with Crippen molar-refractivity contribution in [2.45, 2.75) is 32.8 Å². The molecule has 1 heterocycles. The predicted octanol–water partition coefficient (Wildman–Crippen LogP) is 2.97. The van der Waals surface area contributed by atoms with Crippen LogP contribution in [0.4, 0.5) is 4.39 Å². The minimum Gasteiger partial charge on any atom is -0.463 e. The zero-order valence-electron chi connectivity index (χ0n) is 15.3. The van der Waals surface area contributed by atoms with E-state index in [9.17, 15) is 9.18 Å². The number of benzene rings is 1. The predicted molar refractivity (Wildman–Crippen MR) is 113 cm³/mol. The Hall–Kier alpha value is -1.84. The van der Waals surface area contributed by atoms with Crippen LogP contribution in [-0.4, -0.2) is 43.2 Å². The van der Waals surface area contributed by atoms with Crippen LogP contribution < -0.4 is 10.6 Å². The molecule has 0 aliphatic carbocycles. The molecule has 2 aromatic rings. The van der Waals surface area contributed by atoms with Gasteiger partial charge in [-0.2, -0.15) is 0 Å². The largest absolute Gasteiger partial charge is 0.463 e. The lowest BCUT2D eigenvalue weighted by atomic mass is 10.1. The number of carbonyl (C=O) groups is 1. The molecule has 0 saturated carbocycles. The molecule has 6 nitrogen and oxygen atoms in total. The number of carbonyl (C=O) groups excluding carboxylic acids is 1. The van der Waals surface area contributed by atoms with Crippen LogP contribution >= 0.6 is 24.0 Å². The van der Waals surface area contributed by atoms with Gasteiger partial charge in [0.2, 0.25) is 0 Å². The van der Waals surface area contributed by atoms with E-state index in [1.165, 1.54) is 12.1 Å². The molecule has 0 unspecified atom stereocenters. The number of H-pyrrole nitrogens is 1. The molecular formula is C18H26FIN4O2. The maximum absolute atomic E-state index is 13.4. The Morgan fingerprint density at radius 3 is 2.73 bits per heavy atom. The Bertz CT molecular complexity index is 746. The highest BCUT2D eigenvalue weighted by Crippen LogP contribution is 2.19. The number of nitrogens with zero attached hydrogens (tertiary/aromatic N) is 1. The van der Waals surface area contributed by atoms with Crippen LogP contribution in [0.25, 0.3) is 10.9 Å². The molecule has 8 heteroatoms. The van der Waals surface area contributed by atoms with Gasteiger partial charge in [-0.3, -0.25) is 9.79 Å². The Labute approximate surface area is 170 Å². The van der Waals surface area contributed by atoms with Gasteiger partial charge in [-0.05, 0) is 44.0 Å². The molecule has 3 N–H and O–H groups in total. The highest BCUT2D eigenvalue weighted by atomic mass is 127. The number of esters is 1. The Morgan fingerprint density at radius 2 is 2.04 bits per heavy atom. The Balaban J connectivity index is 0.00000338. The van der Waals surface area contributed by atoms with E-state index < -0.39 is 0 Å². The summed E-state index contributed by atoms with van der Waals surface area (Å²) in [6.07, 6.45) is 2.79. The topological polar surface area (TPSA) is 78.5 Å². The van der Waals surface area contributed by atoms with Gasteiger partial charge in [0.1, 0.15) is 5.82 Å². The summed E-state index contributed by atoms with van der Waals surface area (Å²) in [5, 5.41) is 7.14. The number of hydrogen-bond donors (Lipinski definition) is 3. The van der Waals surface area contributed by atoms with Crippen molar-refractivity contribution in [1.82, 2.24) is 15.6 Å². The van der Waals surface area contributed by atoms with Crippen LogP contribution in [0.5, 0.6) is 0 Å². The van der Waals surface area contributed by atoms with Crippen molar-refractivity contribution in [3.63, 3.8) is 0 Å². The van der Waals surface area contributed by atoms with Crippen molar-refractivity contribution in [1.29, 1.82) is 0 Å². The normalized spacial score (nSPS) is 11.3. The average Bonchev–Trinajstić information content (AvgIpc) is 2.95. The molecular weight excluding hydrogens is 450 g/mol. The van der Waals surface area contributed by atoms with E-state index in [0.717, 1.165) is 22.9 Å². The van der Waals surface area contributed by atoms with Crippen molar-refractivity contribution < 1.29 is 13.9 Å². The zero-order valence-corrected chi connectivity index (χ0v) is 17.6. The van der Waals surface area contributed by atoms with E-state index in [2.05, 4.69) is 20.6 Å². The third-order valence-corrected chi connectivity index (χ3v) is 3.63. The lowest BCUT2D eigenvalue weighted by Gasteiger charge is -2.12. The summed E-state index contributed by atoms with van der Waals surface area (Å²) in [7, 11) is 1.67. The average molecular weight is 476 g/mol. The highest BCUT2D eigenvalue weighted by Gasteiger charge is 2.07. The van der Waals surface area contributed by atoms with Gasteiger partial charge in [0.05, 0.1) is 12.5 Å². The minimum atomic E-state index is -0.243. The number of aliphatic imine (C=N–C) groups is 1. The van der Waals surface area contributed by atoms with Gasteiger partial charge in [0.25, 0.3) is 0 Å². The second kappa shape index (κ2) is 11.0. The van der Waals surface area contributed by atoms with Crippen molar-refractivity contribution >= 4 is 46.8 Å².